The van der Waals surface area contributed by atoms with Crippen LogP contribution >= 0.6 is 11.6 Å². The van der Waals surface area contributed by atoms with Crippen LogP contribution in [-0.2, 0) is 0 Å². The van der Waals surface area contributed by atoms with E-state index in [4.69, 9.17) is 11.6 Å². The largest absolute Gasteiger partial charge is 0.295 e. The molecule has 4 nitrogen and oxygen atoms in total. The zero-order valence-corrected chi connectivity index (χ0v) is 9.81. The molecular weight excluding hydrogens is 240 g/mol. The van der Waals surface area contributed by atoms with Crippen LogP contribution in [0.25, 0.3) is 11.3 Å². The van der Waals surface area contributed by atoms with Crippen molar-refractivity contribution in [1.29, 1.82) is 0 Å². The van der Waals surface area contributed by atoms with Crippen molar-refractivity contribution in [2.24, 2.45) is 0 Å². The smallest absolute Gasteiger partial charge is 0.258 e. The highest BCUT2D eigenvalue weighted by atomic mass is 35.5. The maximum Gasteiger partial charge on any atom is 0.295 e. The molecule has 1 aromatic carbocycles. The molecule has 2 aromatic rings. The quantitative estimate of drug-likeness (QED) is 0.463. The molecule has 0 saturated carbocycles. The highest BCUT2D eigenvalue weighted by molar-refractivity contribution is 6.29. The number of nitrogens with zero attached hydrogens (tertiary/aromatic N) is 2. The first-order valence-corrected chi connectivity index (χ1v) is 5.33. The van der Waals surface area contributed by atoms with E-state index in [1.54, 1.807) is 12.1 Å². The Hall–Kier alpha value is -1.94. The minimum Gasteiger partial charge on any atom is -0.258 e. The van der Waals surface area contributed by atoms with Gasteiger partial charge in [-0.3, -0.25) is 10.1 Å². The second kappa shape index (κ2) is 4.51. The van der Waals surface area contributed by atoms with Gasteiger partial charge in [0.25, 0.3) is 5.69 Å². The Morgan fingerprint density at radius 3 is 2.41 bits per heavy atom. The van der Waals surface area contributed by atoms with Crippen LogP contribution in [0.5, 0.6) is 0 Å². The van der Waals surface area contributed by atoms with Gasteiger partial charge >= 0.3 is 0 Å². The van der Waals surface area contributed by atoms with Gasteiger partial charge in [0.1, 0.15) is 10.8 Å². The van der Waals surface area contributed by atoms with Crippen molar-refractivity contribution in [2.75, 3.05) is 0 Å². The Kier molecular flexibility index (Phi) is 3.06. The van der Waals surface area contributed by atoms with Gasteiger partial charge in [-0.05, 0) is 13.0 Å². The average Bonchev–Trinajstić information content (AvgIpc) is 2.29. The highest BCUT2D eigenvalue weighted by Gasteiger charge is 2.16. The minimum atomic E-state index is -0.460. The lowest BCUT2D eigenvalue weighted by Gasteiger charge is -2.03. The number of hydrogen-bond acceptors (Lipinski definition) is 3. The van der Waals surface area contributed by atoms with E-state index in [-0.39, 0.29) is 10.8 Å². The van der Waals surface area contributed by atoms with Crippen molar-refractivity contribution in [1.82, 2.24) is 4.98 Å². The normalized spacial score (nSPS) is 10.2. The molecule has 0 amide bonds. The van der Waals surface area contributed by atoms with Crippen molar-refractivity contribution in [2.45, 2.75) is 6.92 Å². The Morgan fingerprint density at radius 2 is 1.82 bits per heavy atom. The van der Waals surface area contributed by atoms with Crippen LogP contribution in [-0.4, -0.2) is 9.91 Å². The second-order valence-corrected chi connectivity index (χ2v) is 4.01. The standard InChI is InChI=1S/C12H9ClN2O2/c1-8-2-4-9(5-3-8)12-10(15(16)17)6-7-11(13)14-12/h2-7H,1H3. The van der Waals surface area contributed by atoms with Crippen molar-refractivity contribution in [3.8, 4) is 11.3 Å². The van der Waals surface area contributed by atoms with Crippen molar-refractivity contribution in [3.63, 3.8) is 0 Å². The third kappa shape index (κ3) is 2.42. The molecule has 1 heterocycles. The van der Waals surface area contributed by atoms with Crippen LogP contribution < -0.4 is 0 Å². The second-order valence-electron chi connectivity index (χ2n) is 3.62. The number of aromatic nitrogens is 1. The molecule has 0 aliphatic carbocycles. The van der Waals surface area contributed by atoms with E-state index in [1.165, 1.54) is 12.1 Å². The third-order valence-corrected chi connectivity index (χ3v) is 2.57. The lowest BCUT2D eigenvalue weighted by Crippen LogP contribution is -1.94. The van der Waals surface area contributed by atoms with Gasteiger partial charge in [-0.25, -0.2) is 4.98 Å². The fourth-order valence-electron chi connectivity index (χ4n) is 1.50. The van der Waals surface area contributed by atoms with Gasteiger partial charge in [0.15, 0.2) is 0 Å². The SMILES string of the molecule is Cc1ccc(-c2nc(Cl)ccc2[N+](=O)[O-])cc1. The molecule has 86 valence electrons. The van der Waals surface area contributed by atoms with Crippen LogP contribution in [0.3, 0.4) is 0 Å². The molecule has 0 N–H and O–H groups in total. The summed E-state index contributed by atoms with van der Waals surface area (Å²) in [5.74, 6) is 0. The fraction of sp³-hybridized carbons (Fsp3) is 0.0833. The molecule has 5 heteroatoms. The first-order valence-electron chi connectivity index (χ1n) is 4.96. The van der Waals surface area contributed by atoms with Crippen LogP contribution in [0.15, 0.2) is 36.4 Å². The molecule has 0 aliphatic heterocycles. The average molecular weight is 249 g/mol. The molecule has 0 aliphatic rings. The predicted octanol–water partition coefficient (Wildman–Crippen LogP) is 3.62. The molecule has 17 heavy (non-hydrogen) atoms. The van der Waals surface area contributed by atoms with Crippen molar-refractivity contribution >= 4 is 17.3 Å². The predicted molar refractivity (Wildman–Crippen MR) is 66.1 cm³/mol. The number of nitro groups is 1. The lowest BCUT2D eigenvalue weighted by molar-refractivity contribution is -0.384. The number of hydrogen-bond donors (Lipinski definition) is 0. The van der Waals surface area contributed by atoms with Crippen molar-refractivity contribution < 1.29 is 4.92 Å². The Bertz CT molecular complexity index is 567. The summed E-state index contributed by atoms with van der Waals surface area (Å²) in [5, 5.41) is 11.1. The zero-order chi connectivity index (χ0) is 12.4. The van der Waals surface area contributed by atoms with Gasteiger partial charge in [-0.1, -0.05) is 41.4 Å². The first-order chi connectivity index (χ1) is 8.08. The Balaban J connectivity index is 2.60. The van der Waals surface area contributed by atoms with Gasteiger partial charge in [0.2, 0.25) is 0 Å². The molecular formula is C12H9ClN2O2. The van der Waals surface area contributed by atoms with Gasteiger partial charge in [-0.15, -0.1) is 0 Å². The number of aryl methyl sites for hydroxylation is 1. The van der Waals surface area contributed by atoms with E-state index < -0.39 is 4.92 Å². The third-order valence-electron chi connectivity index (χ3n) is 2.36. The van der Waals surface area contributed by atoms with E-state index in [0.717, 1.165) is 5.56 Å². The van der Waals surface area contributed by atoms with Gasteiger partial charge < -0.3 is 0 Å². The fourth-order valence-corrected chi connectivity index (χ4v) is 1.65. The van der Waals surface area contributed by atoms with E-state index >= 15 is 0 Å². The summed E-state index contributed by atoms with van der Waals surface area (Å²) < 4.78 is 0. The van der Waals surface area contributed by atoms with Gasteiger partial charge in [0.05, 0.1) is 4.92 Å². The van der Waals surface area contributed by atoms with Crippen LogP contribution in [0.2, 0.25) is 5.15 Å². The van der Waals surface area contributed by atoms with Gasteiger partial charge in [0, 0.05) is 11.6 Å². The molecule has 0 radical (unpaired) electrons. The monoisotopic (exact) mass is 248 g/mol. The summed E-state index contributed by atoms with van der Waals surface area (Å²) in [7, 11) is 0. The molecule has 2 rings (SSSR count). The zero-order valence-electron chi connectivity index (χ0n) is 9.05. The minimum absolute atomic E-state index is 0.0433. The number of rotatable bonds is 2. The molecule has 0 spiro atoms. The number of benzene rings is 1. The number of pyridine rings is 1. The molecule has 0 saturated heterocycles. The maximum atomic E-state index is 10.9. The van der Waals surface area contributed by atoms with Crippen LogP contribution in [0.1, 0.15) is 5.56 Å². The highest BCUT2D eigenvalue weighted by Crippen LogP contribution is 2.29. The first kappa shape index (κ1) is 11.5. The molecule has 0 bridgehead atoms. The maximum absolute atomic E-state index is 10.9. The van der Waals surface area contributed by atoms with Gasteiger partial charge in [-0.2, -0.15) is 0 Å². The molecule has 0 fully saturated rings. The Morgan fingerprint density at radius 1 is 1.18 bits per heavy atom. The Labute approximate surface area is 103 Å². The van der Waals surface area contributed by atoms with Crippen LogP contribution in [0, 0.1) is 17.0 Å². The van der Waals surface area contributed by atoms with E-state index in [1.807, 2.05) is 19.1 Å². The molecule has 0 atom stereocenters. The summed E-state index contributed by atoms with van der Waals surface area (Å²) >= 11 is 5.77. The summed E-state index contributed by atoms with van der Waals surface area (Å²) in [6, 6.07) is 10.1. The van der Waals surface area contributed by atoms with E-state index in [2.05, 4.69) is 4.98 Å². The molecule has 1 aromatic heterocycles. The van der Waals surface area contributed by atoms with E-state index in [0.29, 0.717) is 11.3 Å². The molecule has 0 unspecified atom stereocenters. The van der Waals surface area contributed by atoms with Crippen LogP contribution in [0.4, 0.5) is 5.69 Å². The summed E-state index contributed by atoms with van der Waals surface area (Å²) in [4.78, 5) is 14.5. The topological polar surface area (TPSA) is 56.0 Å². The summed E-state index contributed by atoms with van der Waals surface area (Å²) in [5.41, 5.74) is 2.02. The van der Waals surface area contributed by atoms with E-state index in [9.17, 15) is 10.1 Å². The lowest BCUT2D eigenvalue weighted by atomic mass is 10.1. The summed E-state index contributed by atoms with van der Waals surface area (Å²) in [6.45, 7) is 1.95. The van der Waals surface area contributed by atoms with Crippen molar-refractivity contribution in [3.05, 3.63) is 57.2 Å². The number of halogens is 1. The summed E-state index contributed by atoms with van der Waals surface area (Å²) in [6.07, 6.45) is 0.